The predicted molar refractivity (Wildman–Crippen MR) is 111 cm³/mol. The van der Waals surface area contributed by atoms with Gasteiger partial charge in [-0.2, -0.15) is 0 Å². The Bertz CT molecular complexity index is 981. The van der Waals surface area contributed by atoms with Gasteiger partial charge in [-0.3, -0.25) is 9.00 Å². The van der Waals surface area contributed by atoms with Crippen LogP contribution in [-0.2, 0) is 28.6 Å². The first-order chi connectivity index (χ1) is 14.3. The molecule has 1 aliphatic rings. The Hall–Kier alpha value is -2.47. The standard InChI is InChI=1S/C15H15F5N2O2S.C4H6OS/c1-24-15-9-12(6-7-21-15)10-22-14(23)8-11-2-4-13(5-3-11)25(16,17,18,19)20;5-6-3-1-2-4-6/h2-7,9H,8,10H2,1H3,(H,22,23);1,3H,2,4H2. The van der Waals surface area contributed by atoms with Crippen molar-refractivity contribution in [2.75, 3.05) is 12.9 Å². The summed E-state index contributed by atoms with van der Waals surface area (Å²) >= 11 is 0. The molecule has 1 amide bonds. The van der Waals surface area contributed by atoms with Crippen LogP contribution >= 0.6 is 10.2 Å². The molecule has 172 valence electrons. The van der Waals surface area contributed by atoms with Crippen molar-refractivity contribution in [3.63, 3.8) is 0 Å². The summed E-state index contributed by atoms with van der Waals surface area (Å²) in [6.45, 7) is 0.168. The summed E-state index contributed by atoms with van der Waals surface area (Å²) in [5.74, 6) is 0.759. The van der Waals surface area contributed by atoms with E-state index in [-0.39, 0.29) is 30.7 Å². The van der Waals surface area contributed by atoms with Gasteiger partial charge in [-0.15, -0.1) is 0 Å². The van der Waals surface area contributed by atoms with Crippen molar-refractivity contribution in [2.45, 2.75) is 24.3 Å². The van der Waals surface area contributed by atoms with Crippen LogP contribution in [0, 0.1) is 0 Å². The van der Waals surface area contributed by atoms with Gasteiger partial charge in [-0.05, 0) is 41.2 Å². The highest BCUT2D eigenvalue weighted by Crippen LogP contribution is 3.02. The molecular formula is C19H21F5N2O3S2. The van der Waals surface area contributed by atoms with Crippen LogP contribution in [0.25, 0.3) is 0 Å². The molecule has 12 heteroatoms. The van der Waals surface area contributed by atoms with E-state index < -0.39 is 31.8 Å². The van der Waals surface area contributed by atoms with Crippen LogP contribution in [0.3, 0.4) is 0 Å². The normalized spacial score (nSPS) is 17.7. The van der Waals surface area contributed by atoms with E-state index in [4.69, 9.17) is 4.74 Å². The summed E-state index contributed by atoms with van der Waals surface area (Å²) in [4.78, 5) is 13.8. The van der Waals surface area contributed by atoms with E-state index in [1.165, 1.54) is 13.3 Å². The molecule has 1 N–H and O–H groups in total. The molecule has 1 unspecified atom stereocenters. The molecule has 0 saturated heterocycles. The number of carbonyl (C=O) groups is 1. The Kier molecular flexibility index (Phi) is 7.16. The third kappa shape index (κ3) is 8.66. The molecule has 1 atom stereocenters. The Morgan fingerprint density at radius 2 is 1.81 bits per heavy atom. The maximum Gasteiger partial charge on any atom is 0.310 e. The summed E-state index contributed by atoms with van der Waals surface area (Å²) in [6, 6.07) is 5.58. The molecule has 2 heterocycles. The number of ether oxygens (including phenoxy) is 1. The van der Waals surface area contributed by atoms with E-state index in [1.807, 2.05) is 6.08 Å². The fourth-order valence-corrected chi connectivity index (χ4v) is 3.92. The molecular weight excluding hydrogens is 463 g/mol. The monoisotopic (exact) mass is 484 g/mol. The number of nitrogens with zero attached hydrogens (tertiary/aromatic N) is 1. The highest BCUT2D eigenvalue weighted by atomic mass is 32.5. The van der Waals surface area contributed by atoms with Crippen molar-refractivity contribution in [3.8, 4) is 5.88 Å². The van der Waals surface area contributed by atoms with Crippen molar-refractivity contribution < 1.29 is 33.2 Å². The summed E-state index contributed by atoms with van der Waals surface area (Å²) in [7, 11) is -8.85. The molecule has 0 spiro atoms. The summed E-state index contributed by atoms with van der Waals surface area (Å²) in [5, 5.41) is 4.32. The number of hydrogen-bond donors (Lipinski definition) is 1. The number of hydrogen-bond acceptors (Lipinski definition) is 4. The second-order valence-corrected chi connectivity index (χ2v) is 10.4. The van der Waals surface area contributed by atoms with Crippen LogP contribution in [0.2, 0.25) is 0 Å². The molecule has 0 fully saturated rings. The first-order valence-electron chi connectivity index (χ1n) is 8.89. The third-order valence-corrected chi connectivity index (χ3v) is 6.26. The van der Waals surface area contributed by atoms with Crippen LogP contribution in [0.4, 0.5) is 19.4 Å². The summed E-state index contributed by atoms with van der Waals surface area (Å²) in [5.41, 5.74) is 0.909. The van der Waals surface area contributed by atoms with Crippen LogP contribution in [-0.4, -0.2) is 28.0 Å². The zero-order valence-corrected chi connectivity index (χ0v) is 18.0. The van der Waals surface area contributed by atoms with Gasteiger partial charge in [0, 0.05) is 35.4 Å². The SMILES string of the molecule is COc1cc(CNC(=O)Cc2ccc(S(F)(F)(F)(F)F)cc2)ccn1.O=S1C=CCC1. The lowest BCUT2D eigenvalue weighted by molar-refractivity contribution is -0.120. The van der Waals surface area contributed by atoms with Gasteiger partial charge in [0.15, 0.2) is 0 Å². The van der Waals surface area contributed by atoms with Crippen molar-refractivity contribution in [1.29, 1.82) is 0 Å². The van der Waals surface area contributed by atoms with Crippen molar-refractivity contribution in [2.24, 2.45) is 0 Å². The number of carbonyl (C=O) groups excluding carboxylic acids is 1. The number of pyridine rings is 1. The smallest absolute Gasteiger partial charge is 0.310 e. The molecule has 0 bridgehead atoms. The van der Waals surface area contributed by atoms with Gasteiger partial charge in [0.05, 0.1) is 13.5 Å². The minimum absolute atomic E-state index is 0.168. The zero-order chi connectivity index (χ0) is 23.2. The van der Waals surface area contributed by atoms with E-state index in [0.717, 1.165) is 29.9 Å². The molecule has 1 aromatic heterocycles. The maximum absolute atomic E-state index is 12.6. The van der Waals surface area contributed by atoms with Gasteiger partial charge in [-0.1, -0.05) is 37.6 Å². The molecule has 3 rings (SSSR count). The van der Waals surface area contributed by atoms with Gasteiger partial charge >= 0.3 is 10.2 Å². The van der Waals surface area contributed by atoms with Crippen molar-refractivity contribution in [3.05, 3.63) is 65.2 Å². The van der Waals surface area contributed by atoms with Crippen LogP contribution in [0.15, 0.2) is 59.0 Å². The van der Waals surface area contributed by atoms with E-state index >= 15 is 0 Å². The number of aromatic nitrogens is 1. The second kappa shape index (κ2) is 8.95. The highest BCUT2D eigenvalue weighted by Gasteiger charge is 2.65. The predicted octanol–water partition coefficient (Wildman–Crippen LogP) is 5.26. The summed E-state index contributed by atoms with van der Waals surface area (Å²) < 4.78 is 78.3. The molecule has 1 aliphatic heterocycles. The minimum Gasteiger partial charge on any atom is -0.481 e. The number of amides is 1. The Balaban J connectivity index is 0.000000488. The summed E-state index contributed by atoms with van der Waals surface area (Å²) in [6.07, 6.45) is 4.23. The minimum atomic E-state index is -9.69. The number of allylic oxidation sites excluding steroid dienone is 1. The maximum atomic E-state index is 12.6. The van der Waals surface area contributed by atoms with E-state index in [2.05, 4.69) is 10.3 Å². The van der Waals surface area contributed by atoms with Crippen LogP contribution in [0.1, 0.15) is 17.5 Å². The van der Waals surface area contributed by atoms with Gasteiger partial charge in [0.2, 0.25) is 11.8 Å². The number of halogens is 5. The number of rotatable bonds is 6. The van der Waals surface area contributed by atoms with Crippen molar-refractivity contribution in [1.82, 2.24) is 10.3 Å². The molecule has 31 heavy (non-hydrogen) atoms. The Labute approximate surface area is 178 Å². The number of nitrogens with one attached hydrogen (secondary N) is 1. The average Bonchev–Trinajstić information content (AvgIpc) is 3.16. The third-order valence-electron chi connectivity index (χ3n) is 3.97. The first kappa shape index (κ1) is 24.8. The van der Waals surface area contributed by atoms with Crippen LogP contribution < -0.4 is 10.1 Å². The van der Waals surface area contributed by atoms with Gasteiger partial charge in [-0.25, -0.2) is 4.98 Å². The second-order valence-electron chi connectivity index (χ2n) is 6.52. The molecule has 5 nitrogen and oxygen atoms in total. The topological polar surface area (TPSA) is 68.3 Å². The highest BCUT2D eigenvalue weighted by molar-refractivity contribution is 8.45. The zero-order valence-electron chi connectivity index (χ0n) is 16.4. The lowest BCUT2D eigenvalue weighted by atomic mass is 10.1. The number of benzene rings is 1. The van der Waals surface area contributed by atoms with Gasteiger partial charge < -0.3 is 10.1 Å². The fourth-order valence-electron chi connectivity index (χ4n) is 2.41. The molecule has 0 saturated carbocycles. The molecule has 0 aliphatic carbocycles. The molecule has 2 aromatic rings. The lowest BCUT2D eigenvalue weighted by Crippen LogP contribution is -2.24. The Morgan fingerprint density at radius 3 is 2.29 bits per heavy atom. The quantitative estimate of drug-likeness (QED) is 0.568. The number of methoxy groups -OCH3 is 1. The van der Waals surface area contributed by atoms with Crippen LogP contribution in [0.5, 0.6) is 5.88 Å². The van der Waals surface area contributed by atoms with Crippen molar-refractivity contribution >= 4 is 26.9 Å². The Morgan fingerprint density at radius 1 is 1.13 bits per heavy atom. The van der Waals surface area contributed by atoms with E-state index in [0.29, 0.717) is 5.88 Å². The largest absolute Gasteiger partial charge is 0.481 e. The van der Waals surface area contributed by atoms with Gasteiger partial charge in [0.25, 0.3) is 0 Å². The van der Waals surface area contributed by atoms with Gasteiger partial charge in [0.1, 0.15) is 4.90 Å². The lowest BCUT2D eigenvalue weighted by Gasteiger charge is -2.40. The van der Waals surface area contributed by atoms with E-state index in [1.54, 1.807) is 17.5 Å². The van der Waals surface area contributed by atoms with E-state index in [9.17, 15) is 28.4 Å². The average molecular weight is 485 g/mol. The first-order valence-corrected chi connectivity index (χ1v) is 12.2. The fraction of sp³-hybridized carbons (Fsp3) is 0.263. The molecule has 1 aromatic carbocycles. The molecule has 0 radical (unpaired) electrons.